The molecule has 3 nitrogen and oxygen atoms in total. The summed E-state index contributed by atoms with van der Waals surface area (Å²) in [7, 11) is -2.02. The van der Waals surface area contributed by atoms with E-state index in [9.17, 15) is 4.21 Å². The van der Waals surface area contributed by atoms with Crippen molar-refractivity contribution in [3.63, 3.8) is 0 Å². The standard InChI is InChI=1S/C8H11BrN2OS/c1-13(2,12)10-6-7-4-3-5-8(9)11-7/h3-5H,6H2,1-2H3. The van der Waals surface area contributed by atoms with Crippen LogP contribution in [0.1, 0.15) is 5.69 Å². The summed E-state index contributed by atoms with van der Waals surface area (Å²) < 4.78 is 16.0. The molecule has 1 aromatic heterocycles. The molecule has 0 aliphatic carbocycles. The lowest BCUT2D eigenvalue weighted by Gasteiger charge is -1.97. The van der Waals surface area contributed by atoms with Gasteiger partial charge in [0.1, 0.15) is 4.60 Å². The lowest BCUT2D eigenvalue weighted by molar-refractivity contribution is 0.682. The van der Waals surface area contributed by atoms with Gasteiger partial charge in [0.2, 0.25) is 0 Å². The fourth-order valence-corrected chi connectivity index (χ4v) is 1.58. The SMILES string of the molecule is CS(C)(=O)=NCc1cccc(Br)n1. The highest BCUT2D eigenvalue weighted by molar-refractivity contribution is 9.10. The van der Waals surface area contributed by atoms with E-state index in [1.165, 1.54) is 0 Å². The molecule has 5 heteroatoms. The maximum Gasteiger partial charge on any atom is 0.106 e. The van der Waals surface area contributed by atoms with Gasteiger partial charge < -0.3 is 0 Å². The summed E-state index contributed by atoms with van der Waals surface area (Å²) in [5.74, 6) is 0. The van der Waals surface area contributed by atoms with Gasteiger partial charge >= 0.3 is 0 Å². The van der Waals surface area contributed by atoms with E-state index in [0.29, 0.717) is 6.54 Å². The van der Waals surface area contributed by atoms with Gasteiger partial charge in [0.15, 0.2) is 0 Å². The Morgan fingerprint density at radius 3 is 2.77 bits per heavy atom. The Bertz CT molecular complexity index is 402. The normalized spacial score (nSPS) is 11.3. The topological polar surface area (TPSA) is 42.3 Å². The zero-order chi connectivity index (χ0) is 9.90. The molecule has 1 rings (SSSR count). The van der Waals surface area contributed by atoms with Gasteiger partial charge in [-0.3, -0.25) is 4.21 Å². The highest BCUT2D eigenvalue weighted by Gasteiger charge is 1.95. The summed E-state index contributed by atoms with van der Waals surface area (Å²) >= 11 is 3.26. The van der Waals surface area contributed by atoms with Crippen molar-refractivity contribution in [2.75, 3.05) is 12.5 Å². The molecule has 0 fully saturated rings. The molecule has 0 aromatic carbocycles. The highest BCUT2D eigenvalue weighted by Crippen LogP contribution is 2.07. The van der Waals surface area contributed by atoms with Gasteiger partial charge in [0, 0.05) is 22.2 Å². The van der Waals surface area contributed by atoms with Gasteiger partial charge in [-0.25, -0.2) is 9.35 Å². The van der Waals surface area contributed by atoms with E-state index >= 15 is 0 Å². The van der Waals surface area contributed by atoms with Crippen molar-refractivity contribution in [2.24, 2.45) is 4.36 Å². The van der Waals surface area contributed by atoms with Gasteiger partial charge in [-0.15, -0.1) is 0 Å². The second kappa shape index (κ2) is 4.19. The van der Waals surface area contributed by atoms with Crippen molar-refractivity contribution < 1.29 is 4.21 Å². The van der Waals surface area contributed by atoms with Crippen LogP contribution in [-0.4, -0.2) is 21.7 Å². The Morgan fingerprint density at radius 1 is 1.54 bits per heavy atom. The summed E-state index contributed by atoms with van der Waals surface area (Å²) in [4.78, 5) is 4.17. The van der Waals surface area contributed by atoms with Gasteiger partial charge in [-0.05, 0) is 28.1 Å². The predicted molar refractivity (Wildman–Crippen MR) is 58.1 cm³/mol. The molecular weight excluding hydrogens is 252 g/mol. The van der Waals surface area contributed by atoms with Crippen LogP contribution < -0.4 is 0 Å². The van der Waals surface area contributed by atoms with Crippen LogP contribution in [-0.2, 0) is 16.3 Å². The molecule has 0 spiro atoms. The molecule has 0 bridgehead atoms. The molecule has 72 valence electrons. The summed E-state index contributed by atoms with van der Waals surface area (Å²) in [5.41, 5.74) is 0.825. The lowest BCUT2D eigenvalue weighted by atomic mass is 10.4. The molecule has 0 aliphatic heterocycles. The third-order valence-corrected chi connectivity index (χ3v) is 2.50. The van der Waals surface area contributed by atoms with E-state index in [1.54, 1.807) is 12.5 Å². The first-order chi connectivity index (χ1) is 5.97. The van der Waals surface area contributed by atoms with Crippen LogP contribution in [0.5, 0.6) is 0 Å². The van der Waals surface area contributed by atoms with Crippen LogP contribution in [0.4, 0.5) is 0 Å². The smallest absolute Gasteiger partial charge is 0.106 e. The molecule has 1 heterocycles. The van der Waals surface area contributed by atoms with Crippen LogP contribution in [0.25, 0.3) is 0 Å². The van der Waals surface area contributed by atoms with Crippen LogP contribution >= 0.6 is 15.9 Å². The average Bonchev–Trinajstić information content (AvgIpc) is 2.00. The number of halogens is 1. The fraction of sp³-hybridized carbons (Fsp3) is 0.375. The molecule has 0 saturated carbocycles. The first kappa shape index (κ1) is 10.7. The second-order valence-electron chi connectivity index (χ2n) is 2.92. The quantitative estimate of drug-likeness (QED) is 0.766. The van der Waals surface area contributed by atoms with Crippen LogP contribution in [0.2, 0.25) is 0 Å². The Labute approximate surface area is 86.9 Å². The van der Waals surface area contributed by atoms with Gasteiger partial charge in [0.05, 0.1) is 12.2 Å². The fourth-order valence-electron chi connectivity index (χ4n) is 0.760. The first-order valence-corrected chi connectivity index (χ1v) is 6.84. The zero-order valence-electron chi connectivity index (χ0n) is 7.53. The van der Waals surface area contributed by atoms with E-state index in [4.69, 9.17) is 0 Å². The van der Waals surface area contributed by atoms with Gasteiger partial charge in [-0.1, -0.05) is 6.07 Å². The summed E-state index contributed by atoms with van der Waals surface area (Å²) in [6.07, 6.45) is 3.23. The number of pyridine rings is 1. The van der Waals surface area contributed by atoms with Crippen molar-refractivity contribution in [1.29, 1.82) is 0 Å². The average molecular weight is 263 g/mol. The van der Waals surface area contributed by atoms with Crippen LogP contribution in [0, 0.1) is 0 Å². The Balaban J connectivity index is 2.82. The molecule has 1 aromatic rings. The van der Waals surface area contributed by atoms with Gasteiger partial charge in [0.25, 0.3) is 0 Å². The minimum Gasteiger partial charge on any atom is -0.250 e. The van der Waals surface area contributed by atoms with Crippen molar-refractivity contribution in [3.05, 3.63) is 28.5 Å². The molecule has 0 unspecified atom stereocenters. The molecule has 0 N–H and O–H groups in total. The minimum absolute atomic E-state index is 0.408. The van der Waals surface area contributed by atoms with E-state index < -0.39 is 9.73 Å². The summed E-state index contributed by atoms with van der Waals surface area (Å²) in [6.45, 7) is 0.408. The van der Waals surface area contributed by atoms with Crippen molar-refractivity contribution >= 4 is 25.7 Å². The molecule has 13 heavy (non-hydrogen) atoms. The minimum atomic E-state index is -2.02. The first-order valence-electron chi connectivity index (χ1n) is 3.72. The molecule has 0 aliphatic rings. The molecule has 0 saturated heterocycles. The zero-order valence-corrected chi connectivity index (χ0v) is 9.93. The van der Waals surface area contributed by atoms with E-state index in [2.05, 4.69) is 25.3 Å². The van der Waals surface area contributed by atoms with E-state index in [1.807, 2.05) is 18.2 Å². The summed E-state index contributed by atoms with van der Waals surface area (Å²) in [6, 6.07) is 5.59. The maximum atomic E-state index is 11.2. The van der Waals surface area contributed by atoms with Crippen LogP contribution in [0.3, 0.4) is 0 Å². The third-order valence-electron chi connectivity index (χ3n) is 1.31. The van der Waals surface area contributed by atoms with Crippen molar-refractivity contribution in [1.82, 2.24) is 4.98 Å². The highest BCUT2D eigenvalue weighted by atomic mass is 79.9. The van der Waals surface area contributed by atoms with Crippen molar-refractivity contribution in [2.45, 2.75) is 6.54 Å². The largest absolute Gasteiger partial charge is 0.250 e. The van der Waals surface area contributed by atoms with Crippen LogP contribution in [0.15, 0.2) is 27.2 Å². The molecule has 0 atom stereocenters. The predicted octanol–water partition coefficient (Wildman–Crippen LogP) is 2.07. The molecular formula is C8H11BrN2OS. The van der Waals surface area contributed by atoms with E-state index in [-0.39, 0.29) is 0 Å². The Kier molecular flexibility index (Phi) is 3.44. The Hall–Kier alpha value is -0.420. The maximum absolute atomic E-state index is 11.2. The lowest BCUT2D eigenvalue weighted by Crippen LogP contribution is -1.94. The Morgan fingerprint density at radius 2 is 2.23 bits per heavy atom. The van der Waals surface area contributed by atoms with Crippen molar-refractivity contribution in [3.8, 4) is 0 Å². The monoisotopic (exact) mass is 262 g/mol. The number of hydrogen-bond donors (Lipinski definition) is 0. The van der Waals surface area contributed by atoms with Gasteiger partial charge in [-0.2, -0.15) is 0 Å². The number of nitrogens with zero attached hydrogens (tertiary/aromatic N) is 2. The number of hydrogen-bond acceptors (Lipinski definition) is 3. The number of aromatic nitrogens is 1. The summed E-state index contributed by atoms with van der Waals surface area (Å²) in [5, 5.41) is 0. The van der Waals surface area contributed by atoms with E-state index in [0.717, 1.165) is 10.3 Å². The number of rotatable bonds is 2. The molecule has 0 amide bonds. The molecule has 0 radical (unpaired) electrons. The third kappa shape index (κ3) is 4.38. The second-order valence-corrected chi connectivity index (χ2v) is 6.35.